The van der Waals surface area contributed by atoms with E-state index in [1.165, 1.54) is 43.6 Å². The SMILES string of the molecule is C[C@@H](CC(F)(F)F)NC(=O)O[C@H]1CO[C@@H](c2cnc(Nc3ccc(S(N)(=O)=O)cc3)nc2)C1. The van der Waals surface area contributed by atoms with Crippen molar-refractivity contribution in [3.8, 4) is 0 Å². The molecule has 1 aliphatic heterocycles. The van der Waals surface area contributed by atoms with Crippen molar-refractivity contribution in [2.24, 2.45) is 5.14 Å². The number of benzene rings is 1. The predicted octanol–water partition coefficient (Wildman–Crippen LogP) is 2.76. The fraction of sp³-hybridized carbons (Fsp3) is 0.421. The van der Waals surface area contributed by atoms with E-state index < -0.39 is 47.0 Å². The summed E-state index contributed by atoms with van der Waals surface area (Å²) < 4.78 is 70.4. The van der Waals surface area contributed by atoms with Gasteiger partial charge in [0, 0.05) is 36.1 Å². The highest BCUT2D eigenvalue weighted by atomic mass is 32.2. The molecule has 2 heterocycles. The fourth-order valence-corrected chi connectivity index (χ4v) is 3.64. The third-order valence-electron chi connectivity index (χ3n) is 4.62. The van der Waals surface area contributed by atoms with Crippen LogP contribution >= 0.6 is 0 Å². The number of alkyl carbamates (subject to hydrolysis) is 1. The van der Waals surface area contributed by atoms with Crippen LogP contribution in [-0.2, 0) is 19.5 Å². The van der Waals surface area contributed by atoms with Gasteiger partial charge >= 0.3 is 12.3 Å². The van der Waals surface area contributed by atoms with E-state index in [0.717, 1.165) is 0 Å². The van der Waals surface area contributed by atoms with E-state index in [1.807, 2.05) is 0 Å². The first-order chi connectivity index (χ1) is 15.4. The lowest BCUT2D eigenvalue weighted by atomic mass is 10.1. The lowest BCUT2D eigenvalue weighted by Crippen LogP contribution is -2.38. The molecule has 0 saturated carbocycles. The van der Waals surface area contributed by atoms with Crippen LogP contribution in [0.1, 0.15) is 31.4 Å². The van der Waals surface area contributed by atoms with Gasteiger partial charge in [-0.05, 0) is 31.2 Å². The van der Waals surface area contributed by atoms with Crippen molar-refractivity contribution in [2.45, 2.75) is 49.1 Å². The smallest absolute Gasteiger partial charge is 0.407 e. The van der Waals surface area contributed by atoms with E-state index in [1.54, 1.807) is 0 Å². The number of carbonyl (C=O) groups excluding carboxylic acids is 1. The van der Waals surface area contributed by atoms with Crippen LogP contribution in [0.5, 0.6) is 0 Å². The molecule has 0 unspecified atom stereocenters. The Balaban J connectivity index is 1.50. The monoisotopic (exact) mass is 489 g/mol. The number of ether oxygens (including phenoxy) is 2. The molecule has 2 aromatic rings. The van der Waals surface area contributed by atoms with Crippen LogP contribution in [0.2, 0.25) is 0 Å². The van der Waals surface area contributed by atoms with Crippen LogP contribution < -0.4 is 15.8 Å². The molecule has 0 aliphatic carbocycles. The van der Waals surface area contributed by atoms with Crippen molar-refractivity contribution in [3.63, 3.8) is 0 Å². The molecular formula is C19H22F3N5O5S. The zero-order chi connectivity index (χ0) is 24.2. The second-order valence-electron chi connectivity index (χ2n) is 7.48. The second kappa shape index (κ2) is 9.89. The zero-order valence-corrected chi connectivity index (χ0v) is 18.2. The molecule has 1 amide bonds. The van der Waals surface area contributed by atoms with E-state index in [0.29, 0.717) is 17.7 Å². The summed E-state index contributed by atoms with van der Waals surface area (Å²) in [6, 6.07) is 4.61. The van der Waals surface area contributed by atoms with Gasteiger partial charge in [-0.2, -0.15) is 13.2 Å². The summed E-state index contributed by atoms with van der Waals surface area (Å²) >= 11 is 0. The Morgan fingerprint density at radius 3 is 2.48 bits per heavy atom. The molecule has 1 aliphatic rings. The van der Waals surface area contributed by atoms with Crippen LogP contribution in [0.15, 0.2) is 41.6 Å². The van der Waals surface area contributed by atoms with Crippen molar-refractivity contribution < 1.29 is 35.9 Å². The van der Waals surface area contributed by atoms with Crippen LogP contribution in [0.4, 0.5) is 29.6 Å². The Bertz CT molecular complexity index is 1060. The predicted molar refractivity (Wildman–Crippen MR) is 110 cm³/mol. The van der Waals surface area contributed by atoms with E-state index in [4.69, 9.17) is 14.6 Å². The number of aromatic nitrogens is 2. The van der Waals surface area contributed by atoms with Gasteiger partial charge in [0.05, 0.1) is 24.0 Å². The summed E-state index contributed by atoms with van der Waals surface area (Å²) in [5, 5.41) is 10.1. The largest absolute Gasteiger partial charge is 0.444 e. The number of nitrogens with two attached hydrogens (primary N) is 1. The number of sulfonamides is 1. The van der Waals surface area contributed by atoms with Gasteiger partial charge in [0.2, 0.25) is 16.0 Å². The van der Waals surface area contributed by atoms with Crippen molar-refractivity contribution in [2.75, 3.05) is 11.9 Å². The average Bonchev–Trinajstić information content (AvgIpc) is 3.15. The first-order valence-corrected chi connectivity index (χ1v) is 11.3. The molecule has 1 saturated heterocycles. The van der Waals surface area contributed by atoms with Crippen molar-refractivity contribution in [1.29, 1.82) is 0 Å². The number of primary sulfonamides is 1. The molecule has 4 N–H and O–H groups in total. The maximum atomic E-state index is 12.4. The Morgan fingerprint density at radius 2 is 1.91 bits per heavy atom. The third kappa shape index (κ3) is 7.54. The lowest BCUT2D eigenvalue weighted by Gasteiger charge is -2.17. The van der Waals surface area contributed by atoms with Crippen molar-refractivity contribution >= 4 is 27.8 Å². The number of hydrogen-bond acceptors (Lipinski definition) is 8. The minimum atomic E-state index is -4.39. The first-order valence-electron chi connectivity index (χ1n) is 9.76. The van der Waals surface area contributed by atoms with Crippen LogP contribution in [0, 0.1) is 0 Å². The van der Waals surface area contributed by atoms with Crippen LogP contribution in [0.3, 0.4) is 0 Å². The van der Waals surface area contributed by atoms with Crippen molar-refractivity contribution in [3.05, 3.63) is 42.2 Å². The van der Waals surface area contributed by atoms with E-state index in [2.05, 4.69) is 20.6 Å². The summed E-state index contributed by atoms with van der Waals surface area (Å²) in [6.07, 6.45) is -4.21. The Hall–Kier alpha value is -2.97. The fourth-order valence-electron chi connectivity index (χ4n) is 3.12. The molecule has 0 radical (unpaired) electrons. The molecule has 1 aromatic carbocycles. The molecule has 0 spiro atoms. The van der Waals surface area contributed by atoms with E-state index in [9.17, 15) is 26.4 Å². The van der Waals surface area contributed by atoms with Gasteiger partial charge in [0.25, 0.3) is 0 Å². The van der Waals surface area contributed by atoms with Gasteiger partial charge < -0.3 is 20.1 Å². The van der Waals surface area contributed by atoms with Crippen molar-refractivity contribution in [1.82, 2.24) is 15.3 Å². The summed E-state index contributed by atoms with van der Waals surface area (Å²) in [4.78, 5) is 20.1. The summed E-state index contributed by atoms with van der Waals surface area (Å²) in [6.45, 7) is 1.33. The maximum Gasteiger partial charge on any atom is 0.407 e. The van der Waals surface area contributed by atoms with Crippen LogP contribution in [0.25, 0.3) is 0 Å². The van der Waals surface area contributed by atoms with E-state index in [-0.39, 0.29) is 17.5 Å². The molecule has 33 heavy (non-hydrogen) atoms. The molecular weight excluding hydrogens is 467 g/mol. The first kappa shape index (κ1) is 24.7. The minimum Gasteiger partial charge on any atom is -0.444 e. The molecule has 14 heteroatoms. The van der Waals surface area contributed by atoms with Gasteiger partial charge in [-0.3, -0.25) is 0 Å². The van der Waals surface area contributed by atoms with Crippen LogP contribution in [-0.4, -0.2) is 49.4 Å². The van der Waals surface area contributed by atoms with Gasteiger partial charge in [0.15, 0.2) is 0 Å². The number of alkyl halides is 3. The highest BCUT2D eigenvalue weighted by Gasteiger charge is 2.33. The normalized spacial score (nSPS) is 19.7. The number of anilines is 2. The number of amides is 1. The Morgan fingerprint density at radius 1 is 1.27 bits per heavy atom. The standard InChI is InChI=1S/C19H22F3N5O5S/c1-11(7-19(20,21)22)26-18(28)32-14-6-16(31-10-14)12-8-24-17(25-9-12)27-13-2-4-15(5-3-13)33(23,29)30/h2-5,8-9,11,14,16H,6-7,10H2,1H3,(H,26,28)(H2,23,29,30)(H,24,25,27)/t11-,14+,16+/m0/s1. The summed E-state index contributed by atoms with van der Waals surface area (Å²) in [5.74, 6) is 0.255. The number of nitrogens with zero attached hydrogens (tertiary/aromatic N) is 2. The lowest BCUT2D eigenvalue weighted by molar-refractivity contribution is -0.138. The molecule has 0 bridgehead atoms. The molecule has 3 rings (SSSR count). The van der Waals surface area contributed by atoms with Gasteiger partial charge in [-0.1, -0.05) is 0 Å². The number of nitrogens with one attached hydrogen (secondary N) is 2. The number of halogens is 3. The Kier molecular flexibility index (Phi) is 7.39. The number of rotatable bonds is 7. The average molecular weight is 489 g/mol. The molecule has 180 valence electrons. The topological polar surface area (TPSA) is 146 Å². The summed E-state index contributed by atoms with van der Waals surface area (Å²) in [5.41, 5.74) is 1.17. The minimum absolute atomic E-state index is 0.0250. The second-order valence-corrected chi connectivity index (χ2v) is 9.05. The molecule has 1 aromatic heterocycles. The highest BCUT2D eigenvalue weighted by molar-refractivity contribution is 7.89. The quantitative estimate of drug-likeness (QED) is 0.538. The third-order valence-corrected chi connectivity index (χ3v) is 5.55. The molecule has 1 fully saturated rings. The number of hydrogen-bond donors (Lipinski definition) is 3. The van der Waals surface area contributed by atoms with Gasteiger partial charge in [-0.25, -0.2) is 28.3 Å². The molecule has 3 atom stereocenters. The van der Waals surface area contributed by atoms with Gasteiger partial charge in [-0.15, -0.1) is 0 Å². The Labute approximate surface area is 187 Å². The van der Waals surface area contributed by atoms with E-state index >= 15 is 0 Å². The number of carbonyl (C=O) groups is 1. The maximum absolute atomic E-state index is 12.4. The molecule has 10 nitrogen and oxygen atoms in total. The summed E-state index contributed by atoms with van der Waals surface area (Å²) in [7, 11) is -3.79. The highest BCUT2D eigenvalue weighted by Crippen LogP contribution is 2.30. The zero-order valence-electron chi connectivity index (χ0n) is 17.4. The van der Waals surface area contributed by atoms with Gasteiger partial charge in [0.1, 0.15) is 6.10 Å².